The number of allylic oxidation sites excluding steroid dienone is 3. The smallest absolute Gasteiger partial charge is 0.340 e. The van der Waals surface area contributed by atoms with Gasteiger partial charge in [-0.25, -0.2) is 9.59 Å². The quantitative estimate of drug-likeness (QED) is 0.561. The van der Waals surface area contributed by atoms with Crippen LogP contribution in [0.15, 0.2) is 34.6 Å². The molecule has 1 heterocycles. The zero-order valence-electron chi connectivity index (χ0n) is 18.3. The van der Waals surface area contributed by atoms with Gasteiger partial charge in [-0.1, -0.05) is 32.8 Å². The second-order valence-corrected chi connectivity index (χ2v) is 9.09. The number of unbranched alkanes of at least 4 members (excludes halogenated alkanes) is 2. The summed E-state index contributed by atoms with van der Waals surface area (Å²) in [4.78, 5) is 39.6. The van der Waals surface area contributed by atoms with E-state index in [1.165, 1.54) is 7.11 Å². The molecule has 30 heavy (non-hydrogen) atoms. The Morgan fingerprint density at radius 2 is 2.07 bits per heavy atom. The summed E-state index contributed by atoms with van der Waals surface area (Å²) in [5, 5.41) is 0. The molecule has 2 bridgehead atoms. The van der Waals surface area contributed by atoms with Gasteiger partial charge in [-0.3, -0.25) is 4.79 Å². The third-order valence-electron chi connectivity index (χ3n) is 7.60. The van der Waals surface area contributed by atoms with Gasteiger partial charge in [0, 0.05) is 29.1 Å². The Balaban J connectivity index is 1.87. The molecule has 162 valence electrons. The molecule has 0 amide bonds. The SMILES string of the molecule is CCC/C=C1\OC(=O)C2=C1CC[C@H]1[C@H]3C=C(C(=O)OC)[C@](C(=O)CCCC)(CC3)[C@@H]21. The molecule has 1 saturated carbocycles. The summed E-state index contributed by atoms with van der Waals surface area (Å²) < 4.78 is 10.8. The summed E-state index contributed by atoms with van der Waals surface area (Å²) in [5.41, 5.74) is 1.16. The zero-order chi connectivity index (χ0) is 21.5. The molecule has 1 fully saturated rings. The zero-order valence-corrected chi connectivity index (χ0v) is 18.3. The Hall–Kier alpha value is -2.17. The van der Waals surface area contributed by atoms with Gasteiger partial charge in [-0.15, -0.1) is 0 Å². The topological polar surface area (TPSA) is 69.7 Å². The third-order valence-corrected chi connectivity index (χ3v) is 7.60. The van der Waals surface area contributed by atoms with Crippen LogP contribution >= 0.6 is 0 Å². The summed E-state index contributed by atoms with van der Waals surface area (Å²) in [7, 11) is 1.37. The molecular formula is C25H32O5. The normalized spacial score (nSPS) is 33.2. The fourth-order valence-corrected chi connectivity index (χ4v) is 6.27. The van der Waals surface area contributed by atoms with Crippen molar-refractivity contribution < 1.29 is 23.9 Å². The van der Waals surface area contributed by atoms with Crippen molar-refractivity contribution >= 4 is 17.7 Å². The van der Waals surface area contributed by atoms with Crippen molar-refractivity contribution in [3.8, 4) is 0 Å². The Morgan fingerprint density at radius 3 is 2.77 bits per heavy atom. The second-order valence-electron chi connectivity index (χ2n) is 9.09. The first-order chi connectivity index (χ1) is 14.5. The number of ketones is 1. The maximum Gasteiger partial charge on any atom is 0.340 e. The Kier molecular flexibility index (Phi) is 5.73. The van der Waals surface area contributed by atoms with Gasteiger partial charge in [-0.05, 0) is 56.4 Å². The molecule has 0 aromatic heterocycles. The Labute approximate surface area is 178 Å². The van der Waals surface area contributed by atoms with E-state index in [0.717, 1.165) is 50.5 Å². The van der Waals surface area contributed by atoms with E-state index in [2.05, 4.69) is 13.8 Å². The third kappa shape index (κ3) is 3.00. The summed E-state index contributed by atoms with van der Waals surface area (Å²) in [6.45, 7) is 4.15. The van der Waals surface area contributed by atoms with Crippen molar-refractivity contribution in [2.24, 2.45) is 23.2 Å². The van der Waals surface area contributed by atoms with E-state index in [9.17, 15) is 14.4 Å². The first-order valence-corrected chi connectivity index (χ1v) is 11.5. The number of fused-ring (bicyclic) bond motifs is 1. The number of carbonyl (C=O) groups excluding carboxylic acids is 3. The molecule has 5 rings (SSSR count). The lowest BCUT2D eigenvalue weighted by atomic mass is 9.45. The fourth-order valence-electron chi connectivity index (χ4n) is 6.27. The van der Waals surface area contributed by atoms with Gasteiger partial charge in [0.2, 0.25) is 0 Å². The summed E-state index contributed by atoms with van der Waals surface area (Å²) in [6, 6.07) is 0. The van der Waals surface area contributed by atoms with Crippen LogP contribution in [-0.2, 0) is 23.9 Å². The maximum absolute atomic E-state index is 13.7. The Morgan fingerprint density at radius 1 is 1.27 bits per heavy atom. The van der Waals surface area contributed by atoms with Crippen LogP contribution in [0.4, 0.5) is 0 Å². The van der Waals surface area contributed by atoms with Crippen LogP contribution < -0.4 is 0 Å². The lowest BCUT2D eigenvalue weighted by Gasteiger charge is -2.55. The van der Waals surface area contributed by atoms with Crippen LogP contribution in [0, 0.1) is 23.2 Å². The number of carbonyl (C=O) groups is 3. The number of esters is 2. The molecule has 1 aliphatic heterocycles. The largest absolute Gasteiger partial charge is 0.466 e. The predicted octanol–water partition coefficient (Wildman–Crippen LogP) is 4.82. The molecule has 0 saturated heterocycles. The average Bonchev–Trinajstić information content (AvgIpc) is 3.11. The number of hydrogen-bond acceptors (Lipinski definition) is 5. The first kappa shape index (κ1) is 21.1. The van der Waals surface area contributed by atoms with Crippen LogP contribution in [0.5, 0.6) is 0 Å². The molecule has 5 aliphatic rings. The minimum Gasteiger partial charge on any atom is -0.466 e. The molecule has 0 radical (unpaired) electrons. The summed E-state index contributed by atoms with van der Waals surface area (Å²) in [5.74, 6) is 0.150. The van der Waals surface area contributed by atoms with Crippen LogP contribution in [0.1, 0.15) is 71.6 Å². The number of Topliss-reactive ketones (excluding diaryl/α,β-unsaturated/α-hetero) is 1. The van der Waals surface area contributed by atoms with Gasteiger partial charge in [-0.2, -0.15) is 0 Å². The fraction of sp³-hybridized carbons (Fsp3) is 0.640. The minimum absolute atomic E-state index is 0.0849. The highest BCUT2D eigenvalue weighted by Gasteiger charge is 2.63. The summed E-state index contributed by atoms with van der Waals surface area (Å²) in [6.07, 6.45) is 11.2. The predicted molar refractivity (Wildman–Crippen MR) is 112 cm³/mol. The van der Waals surface area contributed by atoms with Gasteiger partial charge in [0.25, 0.3) is 0 Å². The molecular weight excluding hydrogens is 380 g/mol. The van der Waals surface area contributed by atoms with Crippen molar-refractivity contribution in [3.05, 3.63) is 34.6 Å². The Bertz CT molecular complexity index is 861. The highest BCUT2D eigenvalue weighted by molar-refractivity contribution is 6.04. The van der Waals surface area contributed by atoms with Crippen molar-refractivity contribution in [2.75, 3.05) is 7.11 Å². The average molecular weight is 413 g/mol. The molecule has 0 spiro atoms. The van der Waals surface area contributed by atoms with Gasteiger partial charge < -0.3 is 9.47 Å². The molecule has 0 N–H and O–H groups in total. The number of ether oxygens (including phenoxy) is 2. The monoisotopic (exact) mass is 412 g/mol. The van der Waals surface area contributed by atoms with Crippen molar-refractivity contribution in [1.82, 2.24) is 0 Å². The van der Waals surface area contributed by atoms with E-state index in [1.54, 1.807) is 0 Å². The van der Waals surface area contributed by atoms with E-state index >= 15 is 0 Å². The maximum atomic E-state index is 13.7. The molecule has 0 unspecified atom stereocenters. The van der Waals surface area contributed by atoms with Crippen molar-refractivity contribution in [1.29, 1.82) is 0 Å². The summed E-state index contributed by atoms with van der Waals surface area (Å²) >= 11 is 0. The first-order valence-electron chi connectivity index (χ1n) is 11.5. The number of rotatable bonds is 7. The molecule has 4 aliphatic carbocycles. The van der Waals surface area contributed by atoms with Crippen molar-refractivity contribution in [3.63, 3.8) is 0 Å². The minimum atomic E-state index is -0.956. The van der Waals surface area contributed by atoms with Crippen LogP contribution in [0.2, 0.25) is 0 Å². The van der Waals surface area contributed by atoms with Gasteiger partial charge in [0.05, 0.1) is 12.5 Å². The highest BCUT2D eigenvalue weighted by atomic mass is 16.5. The van der Waals surface area contributed by atoms with Crippen molar-refractivity contribution in [2.45, 2.75) is 71.6 Å². The standard InChI is InChI=1S/C25H32O5/c1-4-6-8-19-17-11-10-16-15-12-13-25(20(26)9-7-5-2,18(14-15)23(27)29-3)22(16)21(17)24(28)30-19/h8,14-16,22H,4-7,9-13H2,1-3H3/b19-8-/t15-,16+,22-,25+/m1/s1. The van der Waals surface area contributed by atoms with E-state index in [1.807, 2.05) is 12.2 Å². The number of cyclic esters (lactones) is 1. The van der Waals surface area contributed by atoms with E-state index in [-0.39, 0.29) is 29.5 Å². The van der Waals surface area contributed by atoms with E-state index in [4.69, 9.17) is 9.47 Å². The lowest BCUT2D eigenvalue weighted by Crippen LogP contribution is -2.56. The molecule has 5 nitrogen and oxygen atoms in total. The molecule has 4 atom stereocenters. The number of methoxy groups -OCH3 is 1. The van der Waals surface area contributed by atoms with Gasteiger partial charge in [0.15, 0.2) is 0 Å². The van der Waals surface area contributed by atoms with Crippen LogP contribution in [-0.4, -0.2) is 24.8 Å². The second kappa shape index (κ2) is 8.16. The van der Waals surface area contributed by atoms with Gasteiger partial charge in [0.1, 0.15) is 11.5 Å². The molecule has 0 aromatic rings. The van der Waals surface area contributed by atoms with E-state index < -0.39 is 11.4 Å². The molecule has 5 heteroatoms. The van der Waals surface area contributed by atoms with Gasteiger partial charge >= 0.3 is 11.9 Å². The van der Waals surface area contributed by atoms with Crippen LogP contribution in [0.25, 0.3) is 0 Å². The lowest BCUT2D eigenvalue weighted by molar-refractivity contribution is -0.147. The van der Waals surface area contributed by atoms with E-state index in [0.29, 0.717) is 29.7 Å². The highest BCUT2D eigenvalue weighted by Crippen LogP contribution is 2.64. The number of hydrogen-bond donors (Lipinski definition) is 0. The van der Waals surface area contributed by atoms with Crippen LogP contribution in [0.3, 0.4) is 0 Å². The molecule has 0 aromatic carbocycles.